The maximum Gasteiger partial charge on any atom is 1.00 e. The van der Waals surface area contributed by atoms with E-state index in [0.29, 0.717) is 0 Å². The number of rotatable bonds is 0. The second kappa shape index (κ2) is 6.16. The molecule has 0 saturated heterocycles. The molecule has 0 aromatic heterocycles. The zero-order valence-electron chi connectivity index (χ0n) is 4.90. The number of phosphoric acid groups is 1. The summed E-state index contributed by atoms with van der Waals surface area (Å²) < 4.78 is 8.88. The van der Waals surface area contributed by atoms with Crippen LogP contribution in [-0.4, -0.2) is 14.7 Å². The summed E-state index contributed by atoms with van der Waals surface area (Å²) in [5, 5.41) is 0. The third kappa shape index (κ3) is 70.8. The van der Waals surface area contributed by atoms with E-state index < -0.39 is 7.82 Å². The summed E-state index contributed by atoms with van der Waals surface area (Å²) in [5.74, 6) is 0. The predicted molar refractivity (Wildman–Crippen MR) is 15.4 cm³/mol. The first kappa shape index (κ1) is 16.0. The second-order valence-corrected chi connectivity index (χ2v) is 1.54. The largest absolute Gasteiger partial charge is 1.00 e. The molecule has 0 aromatic carbocycles. The van der Waals surface area contributed by atoms with Gasteiger partial charge in [-0.15, -0.1) is 0 Å². The third-order valence-electron chi connectivity index (χ3n) is 0. The van der Waals surface area contributed by atoms with Crippen LogP contribution in [0.25, 0.3) is 0 Å². The number of hydrogen-bond acceptors (Lipinski definition) is 1. The van der Waals surface area contributed by atoms with Crippen molar-refractivity contribution in [2.24, 2.45) is 0 Å². The first-order valence-electron chi connectivity index (χ1n) is 0.783. The Morgan fingerprint density at radius 1 is 1.29 bits per heavy atom. The van der Waals surface area contributed by atoms with Crippen molar-refractivity contribution < 1.29 is 77.5 Å². The van der Waals surface area contributed by atoms with Crippen molar-refractivity contribution in [3.8, 4) is 0 Å². The van der Waals surface area contributed by atoms with Gasteiger partial charge < -0.3 is 16.1 Å². The zero-order valence-corrected chi connectivity index (χ0v) is 10.8. The van der Waals surface area contributed by atoms with Crippen LogP contribution >= 0.6 is 7.82 Å². The monoisotopic (exact) mass is 236 g/mol. The van der Waals surface area contributed by atoms with Crippen LogP contribution < -0.4 is 29.6 Å². The molecule has 0 amide bonds. The molecule has 0 atom stereocenters. The summed E-state index contributed by atoms with van der Waals surface area (Å²) in [6.45, 7) is 0. The van der Waals surface area contributed by atoms with Crippen LogP contribution in [0.4, 0.5) is 0 Å². The predicted octanol–water partition coefficient (Wildman–Crippen LogP) is -3.81. The molecule has 0 heterocycles. The summed E-state index contributed by atoms with van der Waals surface area (Å²) >= 11 is 0. The molecule has 0 spiro atoms. The molecule has 0 unspecified atom stereocenters. The normalized spacial score (nSPS) is 8.43. The van der Waals surface area contributed by atoms with Gasteiger partial charge in [0.2, 0.25) is 0 Å². The van der Waals surface area contributed by atoms with Crippen molar-refractivity contribution >= 4 is 7.82 Å². The van der Waals surface area contributed by atoms with Crippen LogP contribution in [0.2, 0.25) is 0 Å². The van der Waals surface area contributed by atoms with Gasteiger partial charge in [-0.3, -0.25) is 0 Å². The Balaban J connectivity index is -0.0000000267. The molecular weight excluding hydrogens is 230 g/mol. The van der Waals surface area contributed by atoms with Crippen molar-refractivity contribution in [1.29, 1.82) is 0 Å². The molecular formula is H4CdNaO4P. The van der Waals surface area contributed by atoms with Crippen molar-refractivity contribution in [3.63, 3.8) is 0 Å². The molecule has 36 valence electrons. The summed E-state index contributed by atoms with van der Waals surface area (Å²) in [4.78, 5) is 21.6. The Hall–Kier alpha value is 2.03. The van der Waals surface area contributed by atoms with Crippen LogP contribution in [0.3, 0.4) is 0 Å². The van der Waals surface area contributed by atoms with Gasteiger partial charge in [0.05, 0.1) is 0 Å². The molecule has 0 aliphatic carbocycles. The minimum atomic E-state index is -4.64. The van der Waals surface area contributed by atoms with Crippen LogP contribution in [0.1, 0.15) is 1.43 Å². The van der Waals surface area contributed by atoms with Gasteiger partial charge in [-0.05, 0) is 0 Å². The van der Waals surface area contributed by atoms with Gasteiger partial charge in [-0.2, -0.15) is 0 Å². The van der Waals surface area contributed by atoms with Crippen LogP contribution in [0.15, 0.2) is 0 Å². The molecule has 0 rings (SSSR count). The van der Waals surface area contributed by atoms with E-state index in [1.54, 1.807) is 0 Å². The van der Waals surface area contributed by atoms with E-state index in [2.05, 4.69) is 0 Å². The third-order valence-corrected chi connectivity index (χ3v) is 0. The summed E-state index contributed by atoms with van der Waals surface area (Å²) in [6.07, 6.45) is 0. The fourth-order valence-electron chi connectivity index (χ4n) is 0. The Kier molecular flexibility index (Phi) is 14.1. The van der Waals surface area contributed by atoms with E-state index in [0.717, 1.165) is 0 Å². The molecule has 3 N–H and O–H groups in total. The molecule has 0 radical (unpaired) electrons. The van der Waals surface area contributed by atoms with E-state index in [1.165, 1.54) is 0 Å². The minimum Gasteiger partial charge on any atom is -1.00 e. The maximum atomic E-state index is 8.88. The van der Waals surface area contributed by atoms with Crippen molar-refractivity contribution in [3.05, 3.63) is 0 Å². The van der Waals surface area contributed by atoms with Gasteiger partial charge >= 0.3 is 37.4 Å². The maximum absolute atomic E-state index is 8.88. The molecule has 7 heteroatoms. The van der Waals surface area contributed by atoms with Crippen LogP contribution in [0.5, 0.6) is 0 Å². The summed E-state index contributed by atoms with van der Waals surface area (Å²) in [6, 6.07) is 0. The van der Waals surface area contributed by atoms with Crippen molar-refractivity contribution in [2.45, 2.75) is 0 Å². The first-order chi connectivity index (χ1) is 2.00. The fourth-order valence-corrected chi connectivity index (χ4v) is 0. The van der Waals surface area contributed by atoms with Crippen LogP contribution in [0, 0.1) is 0 Å². The minimum absolute atomic E-state index is 0. The van der Waals surface area contributed by atoms with Crippen LogP contribution in [-0.2, 0) is 31.9 Å². The zero-order chi connectivity index (χ0) is 4.50. The number of hydrogen-bond donors (Lipinski definition) is 3. The molecule has 4 nitrogen and oxygen atoms in total. The Bertz CT molecular complexity index is 62.2. The van der Waals surface area contributed by atoms with E-state index in [4.69, 9.17) is 19.2 Å². The molecule has 0 aliphatic heterocycles. The quantitative estimate of drug-likeness (QED) is 0.297. The second-order valence-electron chi connectivity index (χ2n) is 0.513. The fraction of sp³-hybridized carbons (Fsp3) is 0. The van der Waals surface area contributed by atoms with E-state index in [1.807, 2.05) is 0 Å². The molecule has 0 bridgehead atoms. The Labute approximate surface area is 84.5 Å². The van der Waals surface area contributed by atoms with E-state index >= 15 is 0 Å². The van der Waals surface area contributed by atoms with Gasteiger partial charge in [0.15, 0.2) is 0 Å². The molecule has 0 fully saturated rings. The topological polar surface area (TPSA) is 77.8 Å². The molecule has 0 saturated carbocycles. The standard InChI is InChI=1S/Cd.Na.H3O4P.H/c;;1-5(2,3)4;/h;;(H3,1,2,3,4);/q;+1;;-1. The summed E-state index contributed by atoms with van der Waals surface area (Å²) in [7, 11) is -4.64. The Morgan fingerprint density at radius 3 is 1.29 bits per heavy atom. The first-order valence-corrected chi connectivity index (χ1v) is 2.35. The van der Waals surface area contributed by atoms with Gasteiger partial charge in [0.1, 0.15) is 0 Å². The van der Waals surface area contributed by atoms with Gasteiger partial charge in [-0.1, -0.05) is 0 Å². The molecule has 0 aromatic rings. The van der Waals surface area contributed by atoms with Gasteiger partial charge in [-0.25, -0.2) is 4.57 Å². The van der Waals surface area contributed by atoms with Gasteiger partial charge in [0, 0.05) is 27.3 Å². The average Bonchev–Trinajstić information content (AvgIpc) is 0.722. The molecule has 0 aliphatic rings. The van der Waals surface area contributed by atoms with Crippen molar-refractivity contribution in [2.75, 3.05) is 0 Å². The summed E-state index contributed by atoms with van der Waals surface area (Å²) in [5.41, 5.74) is 0. The smallest absolute Gasteiger partial charge is 1.00 e. The van der Waals surface area contributed by atoms with Crippen molar-refractivity contribution in [1.82, 2.24) is 0 Å². The SMILES string of the molecule is O=P(O)(O)O.[Cd].[H-].[Na+]. The van der Waals surface area contributed by atoms with E-state index in [-0.39, 0.29) is 58.3 Å². The van der Waals surface area contributed by atoms with Gasteiger partial charge in [0.25, 0.3) is 0 Å². The molecule has 7 heavy (non-hydrogen) atoms. The van der Waals surface area contributed by atoms with E-state index in [9.17, 15) is 0 Å². The Morgan fingerprint density at radius 2 is 1.29 bits per heavy atom. The average molecular weight is 234 g/mol.